The molecule has 5 nitrogen and oxygen atoms in total. The Balaban J connectivity index is 1.89. The number of alkyl carbamates (subject to hydrolysis) is 1. The van der Waals surface area contributed by atoms with Crippen LogP contribution in [0.1, 0.15) is 11.1 Å². The van der Waals surface area contributed by atoms with Crippen molar-refractivity contribution in [3.05, 3.63) is 71.5 Å². The van der Waals surface area contributed by atoms with E-state index in [1.807, 2.05) is 18.2 Å². The van der Waals surface area contributed by atoms with E-state index >= 15 is 0 Å². The van der Waals surface area contributed by atoms with Crippen molar-refractivity contribution >= 4 is 12.1 Å². The number of carbonyl (C=O) groups excluding carboxylic acids is 1. The van der Waals surface area contributed by atoms with Gasteiger partial charge in [-0.1, -0.05) is 42.5 Å². The van der Waals surface area contributed by atoms with E-state index in [2.05, 4.69) is 5.32 Å². The number of hydrogen-bond acceptors (Lipinski definition) is 3. The Morgan fingerprint density at radius 2 is 1.70 bits per heavy atom. The van der Waals surface area contributed by atoms with Gasteiger partial charge in [-0.05, 0) is 23.3 Å². The Hall–Kier alpha value is -2.89. The van der Waals surface area contributed by atoms with Crippen LogP contribution >= 0.6 is 0 Å². The van der Waals surface area contributed by atoms with Crippen molar-refractivity contribution < 1.29 is 23.8 Å². The zero-order valence-corrected chi connectivity index (χ0v) is 12.2. The SMILES string of the molecule is O=C(N[C@@H](Cc1ccc(F)cc1)C(=O)O)OCc1ccccc1. The molecular weight excluding hydrogens is 301 g/mol. The van der Waals surface area contributed by atoms with Gasteiger partial charge in [0.15, 0.2) is 0 Å². The maximum Gasteiger partial charge on any atom is 0.408 e. The molecule has 0 aliphatic carbocycles. The third-order valence-corrected chi connectivity index (χ3v) is 3.16. The fourth-order valence-electron chi connectivity index (χ4n) is 1.96. The molecule has 120 valence electrons. The van der Waals surface area contributed by atoms with E-state index in [0.717, 1.165) is 5.56 Å². The maximum atomic E-state index is 12.8. The minimum Gasteiger partial charge on any atom is -0.480 e. The first-order valence-electron chi connectivity index (χ1n) is 6.99. The van der Waals surface area contributed by atoms with Gasteiger partial charge in [-0.3, -0.25) is 0 Å². The number of ether oxygens (including phenoxy) is 1. The van der Waals surface area contributed by atoms with Crippen LogP contribution in [0.4, 0.5) is 9.18 Å². The van der Waals surface area contributed by atoms with Crippen LogP contribution in [0.5, 0.6) is 0 Å². The van der Waals surface area contributed by atoms with Gasteiger partial charge in [-0.2, -0.15) is 0 Å². The van der Waals surface area contributed by atoms with Crippen LogP contribution in [0.25, 0.3) is 0 Å². The van der Waals surface area contributed by atoms with Gasteiger partial charge in [-0.25, -0.2) is 14.0 Å². The second-order valence-corrected chi connectivity index (χ2v) is 4.93. The minimum absolute atomic E-state index is 0.0377. The van der Waals surface area contributed by atoms with Crippen molar-refractivity contribution in [3.8, 4) is 0 Å². The molecule has 2 rings (SSSR count). The average Bonchev–Trinajstić information content (AvgIpc) is 2.55. The highest BCUT2D eigenvalue weighted by molar-refractivity contribution is 5.80. The van der Waals surface area contributed by atoms with Crippen LogP contribution in [0, 0.1) is 5.82 Å². The summed E-state index contributed by atoms with van der Waals surface area (Å²) in [6.07, 6.45) is -0.779. The number of benzene rings is 2. The first-order valence-corrected chi connectivity index (χ1v) is 6.99. The monoisotopic (exact) mass is 317 g/mol. The third kappa shape index (κ3) is 5.43. The molecule has 1 amide bonds. The Labute approximate surface area is 132 Å². The molecule has 2 aromatic carbocycles. The van der Waals surface area contributed by atoms with Crippen LogP contribution in [-0.2, 0) is 22.6 Å². The van der Waals surface area contributed by atoms with E-state index in [-0.39, 0.29) is 13.0 Å². The predicted octanol–water partition coefficient (Wildman–Crippen LogP) is 2.75. The summed E-state index contributed by atoms with van der Waals surface area (Å²) in [6.45, 7) is 0.0512. The fourth-order valence-corrected chi connectivity index (χ4v) is 1.96. The van der Waals surface area contributed by atoms with Crippen molar-refractivity contribution in [2.24, 2.45) is 0 Å². The lowest BCUT2D eigenvalue weighted by Crippen LogP contribution is -2.42. The summed E-state index contributed by atoms with van der Waals surface area (Å²) in [5.41, 5.74) is 1.40. The Bertz CT molecular complexity index is 658. The van der Waals surface area contributed by atoms with Crippen LogP contribution in [0.15, 0.2) is 54.6 Å². The van der Waals surface area contributed by atoms with Crippen LogP contribution in [-0.4, -0.2) is 23.2 Å². The van der Waals surface area contributed by atoms with Crippen molar-refractivity contribution in [2.75, 3.05) is 0 Å². The highest BCUT2D eigenvalue weighted by Crippen LogP contribution is 2.07. The first-order chi connectivity index (χ1) is 11.0. The Kier molecular flexibility index (Phi) is 5.68. The van der Waals surface area contributed by atoms with Gasteiger partial charge in [-0.15, -0.1) is 0 Å². The summed E-state index contributed by atoms with van der Waals surface area (Å²) in [5, 5.41) is 11.5. The number of hydrogen-bond donors (Lipinski definition) is 2. The zero-order chi connectivity index (χ0) is 16.7. The van der Waals surface area contributed by atoms with Crippen LogP contribution < -0.4 is 5.32 Å². The molecule has 0 saturated carbocycles. The van der Waals surface area contributed by atoms with E-state index in [1.54, 1.807) is 12.1 Å². The summed E-state index contributed by atoms with van der Waals surface area (Å²) in [4.78, 5) is 23.0. The van der Waals surface area contributed by atoms with Crippen LogP contribution in [0.2, 0.25) is 0 Å². The number of halogens is 1. The molecule has 0 aliphatic heterocycles. The molecule has 0 heterocycles. The second kappa shape index (κ2) is 7.93. The van der Waals surface area contributed by atoms with Gasteiger partial charge in [0.2, 0.25) is 0 Å². The van der Waals surface area contributed by atoms with E-state index in [9.17, 15) is 19.1 Å². The summed E-state index contributed by atoms with van der Waals surface area (Å²) in [7, 11) is 0. The Morgan fingerprint density at radius 3 is 2.30 bits per heavy atom. The molecule has 0 unspecified atom stereocenters. The molecule has 23 heavy (non-hydrogen) atoms. The lowest BCUT2D eigenvalue weighted by atomic mass is 10.1. The number of carboxylic acids is 1. The van der Waals surface area contributed by atoms with Gasteiger partial charge in [0.25, 0.3) is 0 Å². The molecule has 6 heteroatoms. The van der Waals surface area contributed by atoms with E-state index in [0.29, 0.717) is 5.56 Å². The minimum atomic E-state index is -1.19. The smallest absolute Gasteiger partial charge is 0.408 e. The maximum absolute atomic E-state index is 12.8. The summed E-state index contributed by atoms with van der Waals surface area (Å²) in [6, 6.07) is 13.3. The largest absolute Gasteiger partial charge is 0.480 e. The summed E-state index contributed by atoms with van der Waals surface area (Å²) < 4.78 is 17.8. The average molecular weight is 317 g/mol. The van der Waals surface area contributed by atoms with E-state index in [1.165, 1.54) is 24.3 Å². The second-order valence-electron chi connectivity index (χ2n) is 4.93. The summed E-state index contributed by atoms with van der Waals surface area (Å²) >= 11 is 0. The molecule has 0 spiro atoms. The van der Waals surface area contributed by atoms with E-state index < -0.39 is 23.9 Å². The van der Waals surface area contributed by atoms with Crippen molar-refractivity contribution in [3.63, 3.8) is 0 Å². The van der Waals surface area contributed by atoms with Gasteiger partial charge >= 0.3 is 12.1 Å². The number of carbonyl (C=O) groups is 2. The molecule has 2 N–H and O–H groups in total. The van der Waals surface area contributed by atoms with Crippen molar-refractivity contribution in [1.29, 1.82) is 0 Å². The van der Waals surface area contributed by atoms with E-state index in [4.69, 9.17) is 4.74 Å². The van der Waals surface area contributed by atoms with Gasteiger partial charge in [0.1, 0.15) is 18.5 Å². The molecular formula is C17H16FNO4. The lowest BCUT2D eigenvalue weighted by molar-refractivity contribution is -0.139. The normalized spacial score (nSPS) is 11.5. The van der Waals surface area contributed by atoms with Gasteiger partial charge in [0.05, 0.1) is 0 Å². The molecule has 0 aliphatic rings. The van der Waals surface area contributed by atoms with Crippen LogP contribution in [0.3, 0.4) is 0 Å². The molecule has 0 aromatic heterocycles. The topological polar surface area (TPSA) is 75.6 Å². The van der Waals surface area contributed by atoms with Crippen molar-refractivity contribution in [2.45, 2.75) is 19.1 Å². The fraction of sp³-hybridized carbons (Fsp3) is 0.176. The standard InChI is InChI=1S/C17H16FNO4/c18-14-8-6-12(7-9-14)10-15(16(20)21)19-17(22)23-11-13-4-2-1-3-5-13/h1-9,15H,10-11H2,(H,19,22)(H,20,21)/t15-/m0/s1. The first kappa shape index (κ1) is 16.5. The highest BCUT2D eigenvalue weighted by Gasteiger charge is 2.21. The number of rotatable bonds is 6. The third-order valence-electron chi connectivity index (χ3n) is 3.16. The molecule has 0 bridgehead atoms. The molecule has 0 saturated heterocycles. The lowest BCUT2D eigenvalue weighted by Gasteiger charge is -2.14. The Morgan fingerprint density at radius 1 is 1.04 bits per heavy atom. The highest BCUT2D eigenvalue weighted by atomic mass is 19.1. The predicted molar refractivity (Wildman–Crippen MR) is 81.3 cm³/mol. The number of aliphatic carboxylic acids is 1. The van der Waals surface area contributed by atoms with Gasteiger partial charge in [0, 0.05) is 6.42 Å². The summed E-state index contributed by atoms with van der Waals surface area (Å²) in [5.74, 6) is -1.60. The zero-order valence-electron chi connectivity index (χ0n) is 12.2. The number of carboxylic acid groups (broad SMARTS) is 1. The molecule has 0 fully saturated rings. The number of amides is 1. The quantitative estimate of drug-likeness (QED) is 0.859. The molecule has 1 atom stereocenters. The molecule has 0 radical (unpaired) electrons. The number of nitrogens with one attached hydrogen (secondary N) is 1. The molecule has 2 aromatic rings. The van der Waals surface area contributed by atoms with Gasteiger partial charge < -0.3 is 15.2 Å². The van der Waals surface area contributed by atoms with Crippen molar-refractivity contribution in [1.82, 2.24) is 5.32 Å².